The molecular weight excluding hydrogens is 309 g/mol. The number of fused-ring (bicyclic) bond motifs is 1. The Labute approximate surface area is 119 Å². The molecule has 1 aliphatic heterocycles. The molecule has 0 amide bonds. The van der Waals surface area contributed by atoms with E-state index >= 15 is 0 Å². The predicted molar refractivity (Wildman–Crippen MR) is 77.3 cm³/mol. The van der Waals surface area contributed by atoms with Crippen LogP contribution < -0.4 is 10.1 Å². The number of halogens is 2. The summed E-state index contributed by atoms with van der Waals surface area (Å²) in [5.41, 5.74) is 1.69. The van der Waals surface area contributed by atoms with E-state index in [4.69, 9.17) is 4.74 Å². The largest absolute Gasteiger partial charge is 0.493 e. The van der Waals surface area contributed by atoms with E-state index in [9.17, 15) is 4.39 Å². The maximum atomic E-state index is 13.7. The van der Waals surface area contributed by atoms with Crippen molar-refractivity contribution in [2.24, 2.45) is 0 Å². The van der Waals surface area contributed by atoms with Crippen LogP contribution in [-0.4, -0.2) is 13.2 Å². The monoisotopic (exact) mass is 321 g/mol. The first-order valence-corrected chi connectivity index (χ1v) is 6.94. The molecule has 98 valence electrons. The molecule has 4 heteroatoms. The molecule has 1 atom stereocenters. The van der Waals surface area contributed by atoms with Crippen LogP contribution in [0, 0.1) is 5.82 Å². The molecule has 2 nitrogen and oxygen atoms in total. The molecule has 0 aromatic heterocycles. The van der Waals surface area contributed by atoms with Crippen LogP contribution in [0.15, 0.2) is 46.9 Å². The van der Waals surface area contributed by atoms with Gasteiger partial charge in [0.2, 0.25) is 0 Å². The number of rotatable bonds is 3. The molecule has 19 heavy (non-hydrogen) atoms. The van der Waals surface area contributed by atoms with Crippen LogP contribution in [0.3, 0.4) is 0 Å². The van der Waals surface area contributed by atoms with E-state index in [-0.39, 0.29) is 11.7 Å². The van der Waals surface area contributed by atoms with Gasteiger partial charge >= 0.3 is 0 Å². The van der Waals surface area contributed by atoms with Crippen molar-refractivity contribution in [3.05, 3.63) is 58.3 Å². The van der Waals surface area contributed by atoms with Gasteiger partial charge in [0.1, 0.15) is 11.6 Å². The fourth-order valence-corrected chi connectivity index (χ4v) is 2.77. The molecule has 0 spiro atoms. The highest BCUT2D eigenvalue weighted by Crippen LogP contribution is 2.34. The SMILES string of the molecule is Fc1cccc(Br)c1NCC1COc2ccccc21. The Balaban J connectivity index is 1.75. The van der Waals surface area contributed by atoms with E-state index in [2.05, 4.69) is 27.3 Å². The minimum absolute atomic E-state index is 0.249. The highest BCUT2D eigenvalue weighted by molar-refractivity contribution is 9.10. The first-order chi connectivity index (χ1) is 9.25. The van der Waals surface area contributed by atoms with Gasteiger partial charge in [-0.1, -0.05) is 24.3 Å². The van der Waals surface area contributed by atoms with Crippen molar-refractivity contribution >= 4 is 21.6 Å². The molecule has 1 N–H and O–H groups in total. The number of hydrogen-bond donors (Lipinski definition) is 1. The Hall–Kier alpha value is -1.55. The van der Waals surface area contributed by atoms with Gasteiger partial charge in [0.25, 0.3) is 0 Å². The van der Waals surface area contributed by atoms with E-state index in [1.807, 2.05) is 24.3 Å². The summed E-state index contributed by atoms with van der Waals surface area (Å²) in [6.07, 6.45) is 0. The van der Waals surface area contributed by atoms with Crippen molar-refractivity contribution in [2.45, 2.75) is 5.92 Å². The third-order valence-corrected chi connectivity index (χ3v) is 3.95. The number of para-hydroxylation sites is 2. The topological polar surface area (TPSA) is 21.3 Å². The van der Waals surface area contributed by atoms with Gasteiger partial charge in [-0.05, 0) is 34.1 Å². The second kappa shape index (κ2) is 5.21. The van der Waals surface area contributed by atoms with Crippen LogP contribution in [0.2, 0.25) is 0 Å². The van der Waals surface area contributed by atoms with E-state index in [0.717, 1.165) is 10.2 Å². The average Bonchev–Trinajstić information content (AvgIpc) is 2.82. The molecule has 3 rings (SSSR count). The lowest BCUT2D eigenvalue weighted by Crippen LogP contribution is -2.14. The third-order valence-electron chi connectivity index (χ3n) is 3.29. The van der Waals surface area contributed by atoms with Crippen molar-refractivity contribution < 1.29 is 9.13 Å². The summed E-state index contributed by atoms with van der Waals surface area (Å²) in [4.78, 5) is 0. The number of hydrogen-bond acceptors (Lipinski definition) is 2. The summed E-state index contributed by atoms with van der Waals surface area (Å²) in [7, 11) is 0. The van der Waals surface area contributed by atoms with Gasteiger partial charge in [0.05, 0.1) is 12.3 Å². The van der Waals surface area contributed by atoms with Gasteiger partial charge in [-0.25, -0.2) is 4.39 Å². The molecule has 1 heterocycles. The van der Waals surface area contributed by atoms with Crippen molar-refractivity contribution in [2.75, 3.05) is 18.5 Å². The zero-order valence-electron chi connectivity index (χ0n) is 10.2. The van der Waals surface area contributed by atoms with Gasteiger partial charge in [0.15, 0.2) is 0 Å². The summed E-state index contributed by atoms with van der Waals surface area (Å²) < 4.78 is 20.0. The van der Waals surface area contributed by atoms with Crippen LogP contribution in [0.5, 0.6) is 5.75 Å². The van der Waals surface area contributed by atoms with Crippen LogP contribution >= 0.6 is 15.9 Å². The van der Waals surface area contributed by atoms with Crippen LogP contribution in [0.1, 0.15) is 11.5 Å². The molecule has 1 aliphatic rings. The van der Waals surface area contributed by atoms with E-state index in [1.165, 1.54) is 11.6 Å². The molecule has 1 unspecified atom stereocenters. The van der Waals surface area contributed by atoms with E-state index in [1.54, 1.807) is 6.07 Å². The Morgan fingerprint density at radius 3 is 2.89 bits per heavy atom. The highest BCUT2D eigenvalue weighted by Gasteiger charge is 2.23. The smallest absolute Gasteiger partial charge is 0.147 e. The van der Waals surface area contributed by atoms with E-state index < -0.39 is 0 Å². The first kappa shape index (κ1) is 12.5. The Morgan fingerprint density at radius 2 is 2.05 bits per heavy atom. The van der Waals surface area contributed by atoms with Gasteiger partial charge in [0, 0.05) is 22.5 Å². The second-order valence-corrected chi connectivity index (χ2v) is 5.38. The van der Waals surface area contributed by atoms with Crippen LogP contribution in [0.4, 0.5) is 10.1 Å². The van der Waals surface area contributed by atoms with Crippen molar-refractivity contribution in [1.82, 2.24) is 0 Å². The Kier molecular flexibility index (Phi) is 3.42. The minimum atomic E-state index is -0.249. The average molecular weight is 322 g/mol. The lowest BCUT2D eigenvalue weighted by molar-refractivity contribution is 0.334. The van der Waals surface area contributed by atoms with Gasteiger partial charge in [-0.3, -0.25) is 0 Å². The summed E-state index contributed by atoms with van der Waals surface area (Å²) >= 11 is 3.35. The maximum Gasteiger partial charge on any atom is 0.147 e. The number of ether oxygens (including phenoxy) is 1. The third kappa shape index (κ3) is 2.45. The maximum absolute atomic E-state index is 13.7. The molecule has 0 saturated carbocycles. The summed E-state index contributed by atoms with van der Waals surface area (Å²) in [6.45, 7) is 1.29. The first-order valence-electron chi connectivity index (χ1n) is 6.15. The second-order valence-electron chi connectivity index (χ2n) is 4.52. The van der Waals surface area contributed by atoms with Crippen molar-refractivity contribution in [3.63, 3.8) is 0 Å². The summed E-state index contributed by atoms with van der Waals surface area (Å²) in [5, 5.41) is 3.16. The Morgan fingerprint density at radius 1 is 1.21 bits per heavy atom. The highest BCUT2D eigenvalue weighted by atomic mass is 79.9. The fraction of sp³-hybridized carbons (Fsp3) is 0.200. The molecule has 0 bridgehead atoms. The summed E-state index contributed by atoms with van der Waals surface area (Å²) in [5.74, 6) is 0.936. The van der Waals surface area contributed by atoms with Crippen molar-refractivity contribution in [1.29, 1.82) is 0 Å². The molecule has 2 aromatic rings. The van der Waals surface area contributed by atoms with Gasteiger partial charge in [-0.2, -0.15) is 0 Å². The zero-order chi connectivity index (χ0) is 13.2. The molecule has 0 fully saturated rings. The standard InChI is InChI=1S/C15H13BrFNO/c16-12-5-3-6-13(17)15(12)18-8-10-9-19-14-7-2-1-4-11(10)14/h1-7,10,18H,8-9H2. The van der Waals surface area contributed by atoms with Crippen LogP contribution in [0.25, 0.3) is 0 Å². The van der Waals surface area contributed by atoms with Crippen molar-refractivity contribution in [3.8, 4) is 5.75 Å². The predicted octanol–water partition coefficient (Wildman–Crippen LogP) is 4.18. The molecule has 0 radical (unpaired) electrons. The molecule has 2 aromatic carbocycles. The Bertz CT molecular complexity index is 582. The number of nitrogens with one attached hydrogen (secondary N) is 1. The van der Waals surface area contributed by atoms with Gasteiger partial charge < -0.3 is 10.1 Å². The molecule has 0 aliphatic carbocycles. The molecule has 0 saturated heterocycles. The molecular formula is C15H13BrFNO. The summed E-state index contributed by atoms with van der Waals surface area (Å²) in [6, 6.07) is 12.9. The minimum Gasteiger partial charge on any atom is -0.493 e. The zero-order valence-corrected chi connectivity index (χ0v) is 11.8. The lowest BCUT2D eigenvalue weighted by atomic mass is 10.0. The normalized spacial score (nSPS) is 16.8. The van der Waals surface area contributed by atoms with Crippen LogP contribution in [-0.2, 0) is 0 Å². The van der Waals surface area contributed by atoms with Gasteiger partial charge in [-0.15, -0.1) is 0 Å². The number of anilines is 1. The quantitative estimate of drug-likeness (QED) is 0.915. The fourth-order valence-electron chi connectivity index (χ4n) is 2.29. The number of benzene rings is 2. The van der Waals surface area contributed by atoms with E-state index in [0.29, 0.717) is 18.8 Å². The lowest BCUT2D eigenvalue weighted by Gasteiger charge is -2.13.